The molecule has 0 heterocycles. The molecule has 2 fully saturated rings. The van der Waals surface area contributed by atoms with E-state index < -0.39 is 13.9 Å². The van der Waals surface area contributed by atoms with Gasteiger partial charge in [0, 0.05) is 12.7 Å². The summed E-state index contributed by atoms with van der Waals surface area (Å²) in [7, 11) is -1.75. The molecule has 0 amide bonds. The largest absolute Gasteiger partial charge is 0.414 e. The van der Waals surface area contributed by atoms with E-state index in [0.29, 0.717) is 36.6 Å². The van der Waals surface area contributed by atoms with Gasteiger partial charge in [0.2, 0.25) is 0 Å². The van der Waals surface area contributed by atoms with E-state index in [1.54, 1.807) is 0 Å². The van der Waals surface area contributed by atoms with Crippen molar-refractivity contribution in [2.45, 2.75) is 116 Å². The normalized spacial score (nSPS) is 31.0. The summed E-state index contributed by atoms with van der Waals surface area (Å²) in [6.07, 6.45) is 8.35. The van der Waals surface area contributed by atoms with Crippen LogP contribution in [0.4, 0.5) is 0 Å². The smallest absolute Gasteiger partial charge is 0.192 e. The highest BCUT2D eigenvalue weighted by Gasteiger charge is 2.53. The first-order chi connectivity index (χ1) is 13.2. The van der Waals surface area contributed by atoms with Crippen LogP contribution in [-0.4, -0.2) is 38.3 Å². The van der Waals surface area contributed by atoms with Crippen LogP contribution < -0.4 is 0 Å². The van der Waals surface area contributed by atoms with Crippen LogP contribution in [0.3, 0.4) is 0 Å². The first-order valence-corrected chi connectivity index (χ1v) is 14.7. The van der Waals surface area contributed by atoms with Crippen LogP contribution in [0, 0.1) is 17.3 Å². The van der Waals surface area contributed by atoms with Gasteiger partial charge in [0.25, 0.3) is 0 Å². The molecule has 2 aliphatic rings. The molecule has 0 unspecified atom stereocenters. The molecule has 0 aromatic carbocycles. The third kappa shape index (κ3) is 6.18. The Morgan fingerprint density at radius 2 is 1.79 bits per heavy atom. The Morgan fingerprint density at radius 1 is 1.14 bits per heavy atom. The first-order valence-electron chi connectivity index (χ1n) is 11.8. The molecular formula is C25H48O3Si. The first kappa shape index (κ1) is 25.1. The topological polar surface area (TPSA) is 38.7 Å². The maximum absolute atomic E-state index is 9.84. The molecule has 0 aromatic heterocycles. The molecule has 2 rings (SSSR count). The standard InChI is InChI=1S/C25H48O3Si/c1-19(18-27-17-11-15-24(5,6)26)20-13-14-21-22(12-10-16-25(20,21)7)28-29(8,9)23(2,3)4/h20-22,26H,1,10-18H2,2-9H3/t20-,21+,22+,25-/m0/s1. The second kappa shape index (κ2) is 9.14. The molecule has 170 valence electrons. The second-order valence-corrected chi connectivity index (χ2v) is 16.9. The van der Waals surface area contributed by atoms with Gasteiger partial charge in [-0.1, -0.05) is 40.7 Å². The third-order valence-corrected chi connectivity index (χ3v) is 12.7. The van der Waals surface area contributed by atoms with Gasteiger partial charge >= 0.3 is 0 Å². The summed E-state index contributed by atoms with van der Waals surface area (Å²) < 4.78 is 12.9. The van der Waals surface area contributed by atoms with Crippen LogP contribution >= 0.6 is 0 Å². The molecule has 2 aliphatic carbocycles. The van der Waals surface area contributed by atoms with Crippen molar-refractivity contribution in [1.29, 1.82) is 0 Å². The molecule has 3 nitrogen and oxygen atoms in total. The molecule has 0 radical (unpaired) electrons. The number of aliphatic hydroxyl groups is 1. The van der Waals surface area contributed by atoms with Gasteiger partial charge in [0.1, 0.15) is 0 Å². The van der Waals surface area contributed by atoms with E-state index >= 15 is 0 Å². The number of ether oxygens (including phenoxy) is 1. The van der Waals surface area contributed by atoms with Crippen LogP contribution in [0.25, 0.3) is 0 Å². The quantitative estimate of drug-likeness (QED) is 0.254. The molecule has 0 spiro atoms. The number of fused-ring (bicyclic) bond motifs is 1. The SMILES string of the molecule is C=C(COCCCC(C)(C)O)[C@@H]1CC[C@@H]2[C@H](O[Si](C)(C)C(C)(C)C)CCC[C@]21C. The van der Waals surface area contributed by atoms with E-state index in [4.69, 9.17) is 9.16 Å². The third-order valence-electron chi connectivity index (χ3n) is 8.17. The molecule has 0 aliphatic heterocycles. The van der Waals surface area contributed by atoms with E-state index in [9.17, 15) is 5.11 Å². The van der Waals surface area contributed by atoms with Crippen LogP contribution in [-0.2, 0) is 9.16 Å². The Labute approximate surface area is 181 Å². The van der Waals surface area contributed by atoms with Gasteiger partial charge in [-0.2, -0.15) is 0 Å². The average Bonchev–Trinajstić information content (AvgIpc) is 2.90. The average molecular weight is 425 g/mol. The Kier molecular flexibility index (Phi) is 7.91. The summed E-state index contributed by atoms with van der Waals surface area (Å²) in [5.74, 6) is 1.20. The zero-order chi connectivity index (χ0) is 22.1. The fourth-order valence-electron chi connectivity index (χ4n) is 5.40. The Morgan fingerprint density at radius 3 is 2.38 bits per heavy atom. The van der Waals surface area contributed by atoms with Crippen molar-refractivity contribution < 1.29 is 14.3 Å². The zero-order valence-electron chi connectivity index (χ0n) is 20.6. The highest BCUT2D eigenvalue weighted by atomic mass is 28.4. The fourth-order valence-corrected chi connectivity index (χ4v) is 6.79. The van der Waals surface area contributed by atoms with Crippen molar-refractivity contribution in [3.8, 4) is 0 Å². The van der Waals surface area contributed by atoms with Gasteiger partial charge in [-0.15, -0.1) is 0 Å². The Balaban J connectivity index is 1.94. The lowest BCUT2D eigenvalue weighted by Crippen LogP contribution is -2.50. The second-order valence-electron chi connectivity index (χ2n) is 12.2. The zero-order valence-corrected chi connectivity index (χ0v) is 21.6. The summed E-state index contributed by atoms with van der Waals surface area (Å²) in [5, 5.41) is 10.1. The van der Waals surface area contributed by atoms with E-state index in [2.05, 4.69) is 47.4 Å². The van der Waals surface area contributed by atoms with Crippen LogP contribution in [0.15, 0.2) is 12.2 Å². The van der Waals surface area contributed by atoms with Crippen molar-refractivity contribution in [2.24, 2.45) is 17.3 Å². The van der Waals surface area contributed by atoms with Gasteiger partial charge in [-0.05, 0) is 93.3 Å². The lowest BCUT2D eigenvalue weighted by Gasteiger charge is -2.49. The molecule has 1 N–H and O–H groups in total. The monoisotopic (exact) mass is 424 g/mol. The van der Waals surface area contributed by atoms with Gasteiger partial charge in [0.05, 0.1) is 12.2 Å². The lowest BCUT2D eigenvalue weighted by molar-refractivity contribution is -0.00619. The lowest BCUT2D eigenvalue weighted by atomic mass is 9.63. The summed E-state index contributed by atoms with van der Waals surface area (Å²) in [6, 6.07) is 0. The van der Waals surface area contributed by atoms with Crippen LogP contribution in [0.2, 0.25) is 18.1 Å². The summed E-state index contributed by atoms with van der Waals surface area (Å²) in [5.41, 5.74) is 0.971. The minimum Gasteiger partial charge on any atom is -0.414 e. The van der Waals surface area contributed by atoms with E-state index in [1.165, 1.54) is 37.7 Å². The van der Waals surface area contributed by atoms with Crippen molar-refractivity contribution >= 4 is 8.32 Å². The highest BCUT2D eigenvalue weighted by molar-refractivity contribution is 6.74. The Hall–Kier alpha value is -0.163. The maximum atomic E-state index is 9.84. The van der Waals surface area contributed by atoms with E-state index in [0.717, 1.165) is 12.8 Å². The van der Waals surface area contributed by atoms with Crippen molar-refractivity contribution in [3.63, 3.8) is 0 Å². The molecule has 29 heavy (non-hydrogen) atoms. The van der Waals surface area contributed by atoms with Crippen molar-refractivity contribution in [1.82, 2.24) is 0 Å². The minimum absolute atomic E-state index is 0.263. The Bertz CT molecular complexity index is 557. The van der Waals surface area contributed by atoms with Gasteiger partial charge in [0.15, 0.2) is 8.32 Å². The number of rotatable bonds is 9. The predicted molar refractivity (Wildman–Crippen MR) is 126 cm³/mol. The molecule has 4 atom stereocenters. The molecule has 0 bridgehead atoms. The summed E-state index contributed by atoms with van der Waals surface area (Å²) >= 11 is 0. The minimum atomic E-state index is -1.75. The van der Waals surface area contributed by atoms with Gasteiger partial charge in [-0.3, -0.25) is 0 Å². The molecule has 0 aromatic rings. The number of hydrogen-bond donors (Lipinski definition) is 1. The fraction of sp³-hybridized carbons (Fsp3) is 0.920. The summed E-state index contributed by atoms with van der Waals surface area (Å²) in [4.78, 5) is 0. The van der Waals surface area contributed by atoms with Crippen molar-refractivity contribution in [2.75, 3.05) is 13.2 Å². The maximum Gasteiger partial charge on any atom is 0.192 e. The van der Waals surface area contributed by atoms with Crippen molar-refractivity contribution in [3.05, 3.63) is 12.2 Å². The summed E-state index contributed by atoms with van der Waals surface area (Å²) in [6.45, 7) is 23.8. The van der Waals surface area contributed by atoms with Gasteiger partial charge in [-0.25, -0.2) is 0 Å². The number of hydrogen-bond acceptors (Lipinski definition) is 3. The van der Waals surface area contributed by atoms with Crippen LogP contribution in [0.5, 0.6) is 0 Å². The van der Waals surface area contributed by atoms with E-state index in [-0.39, 0.29) is 5.04 Å². The molecule has 0 saturated heterocycles. The van der Waals surface area contributed by atoms with Crippen LogP contribution in [0.1, 0.15) is 86.5 Å². The van der Waals surface area contributed by atoms with E-state index in [1.807, 2.05) is 13.8 Å². The molecule has 4 heteroatoms. The molecular weight excluding hydrogens is 376 g/mol. The highest BCUT2D eigenvalue weighted by Crippen LogP contribution is 2.58. The predicted octanol–water partition coefficient (Wildman–Crippen LogP) is 6.72. The van der Waals surface area contributed by atoms with Gasteiger partial charge < -0.3 is 14.3 Å². The molecule has 2 saturated carbocycles.